The van der Waals surface area contributed by atoms with Gasteiger partial charge in [-0.25, -0.2) is 4.39 Å². The van der Waals surface area contributed by atoms with Gasteiger partial charge >= 0.3 is 0 Å². The molecule has 0 unspecified atom stereocenters. The number of hydrogen-bond acceptors (Lipinski definition) is 4. The highest BCUT2D eigenvalue weighted by Gasteiger charge is 2.37. The van der Waals surface area contributed by atoms with Gasteiger partial charge in [0.25, 0.3) is 5.91 Å². The average molecular weight is 404 g/mol. The number of aliphatic hydroxyl groups excluding tert-OH is 1. The third kappa shape index (κ3) is 3.95. The van der Waals surface area contributed by atoms with Crippen molar-refractivity contribution in [1.82, 2.24) is 9.55 Å². The number of amides is 1. The van der Waals surface area contributed by atoms with E-state index >= 15 is 0 Å². The van der Waals surface area contributed by atoms with E-state index in [1.165, 1.54) is 12.1 Å². The Labute approximate surface area is 173 Å². The summed E-state index contributed by atoms with van der Waals surface area (Å²) in [5.74, 6) is -0.608. The van der Waals surface area contributed by atoms with Gasteiger partial charge in [0.1, 0.15) is 5.82 Å². The molecule has 4 rings (SSSR count). The van der Waals surface area contributed by atoms with E-state index < -0.39 is 5.41 Å². The van der Waals surface area contributed by atoms with Crippen LogP contribution in [0.25, 0.3) is 5.69 Å². The molecule has 0 aliphatic heterocycles. The first-order chi connectivity index (χ1) is 14.5. The third-order valence-electron chi connectivity index (χ3n) is 5.61. The highest BCUT2D eigenvalue weighted by atomic mass is 19.1. The Morgan fingerprint density at radius 2 is 1.93 bits per heavy atom. The van der Waals surface area contributed by atoms with E-state index in [0.29, 0.717) is 42.6 Å². The fraction of sp³-hybridized carbons (Fsp3) is 0.261. The number of anilines is 1. The molecule has 1 aliphatic rings. The molecule has 1 aliphatic carbocycles. The molecule has 1 fully saturated rings. The van der Waals surface area contributed by atoms with Crippen LogP contribution in [0.1, 0.15) is 41.7 Å². The highest BCUT2D eigenvalue weighted by Crippen LogP contribution is 2.38. The predicted octanol–water partition coefficient (Wildman–Crippen LogP) is 3.96. The third-order valence-corrected chi connectivity index (χ3v) is 5.61. The number of nitriles is 1. The van der Waals surface area contributed by atoms with E-state index in [1.807, 2.05) is 0 Å². The van der Waals surface area contributed by atoms with E-state index in [1.54, 1.807) is 53.5 Å². The Kier molecular flexibility index (Phi) is 5.34. The van der Waals surface area contributed by atoms with Crippen LogP contribution in [0.5, 0.6) is 0 Å². The number of nitrogens with one attached hydrogen (secondary N) is 1. The van der Waals surface area contributed by atoms with E-state index in [4.69, 9.17) is 0 Å². The minimum atomic E-state index is -0.686. The van der Waals surface area contributed by atoms with Crippen LogP contribution in [0, 0.1) is 17.1 Å². The van der Waals surface area contributed by atoms with Crippen molar-refractivity contribution >= 4 is 11.6 Å². The number of benzene rings is 1. The first-order valence-electron chi connectivity index (χ1n) is 9.80. The number of aromatic nitrogens is 2. The lowest BCUT2D eigenvalue weighted by Gasteiger charge is -2.32. The van der Waals surface area contributed by atoms with Crippen molar-refractivity contribution in [1.29, 1.82) is 5.26 Å². The van der Waals surface area contributed by atoms with E-state index in [0.717, 1.165) is 5.69 Å². The van der Waals surface area contributed by atoms with Gasteiger partial charge in [-0.15, -0.1) is 0 Å². The maximum absolute atomic E-state index is 13.1. The van der Waals surface area contributed by atoms with Gasteiger partial charge in [-0.05, 0) is 68.1 Å². The Bertz CT molecular complexity index is 1080. The van der Waals surface area contributed by atoms with Crippen molar-refractivity contribution in [3.8, 4) is 11.8 Å². The van der Waals surface area contributed by atoms with Crippen molar-refractivity contribution in [2.45, 2.75) is 37.2 Å². The van der Waals surface area contributed by atoms with Gasteiger partial charge in [-0.2, -0.15) is 5.26 Å². The summed E-state index contributed by atoms with van der Waals surface area (Å²) in [6.45, 7) is 0. The van der Waals surface area contributed by atoms with Crippen LogP contribution < -0.4 is 5.32 Å². The molecule has 7 heteroatoms. The standard InChI is InChI=1S/C23H21FN4O2/c24-17-1-4-19(5-2-17)28-12-9-16(14-28)22(30)27-18-3-6-21(26-13-18)23(15-25)10-7-20(29)8-11-23/h1-6,9,12-14,20,29H,7-8,10-11H2,(H,27,30). The SMILES string of the molecule is N#CC1(c2ccc(NC(=O)c3ccn(-c4ccc(F)cc4)c3)cn2)CCC(O)CC1. The van der Waals surface area contributed by atoms with Crippen molar-refractivity contribution in [3.63, 3.8) is 0 Å². The van der Waals surface area contributed by atoms with Crippen LogP contribution in [0.4, 0.5) is 10.1 Å². The summed E-state index contributed by atoms with van der Waals surface area (Å²) in [6.07, 6.45) is 6.90. The van der Waals surface area contributed by atoms with Crippen molar-refractivity contribution in [2.24, 2.45) is 0 Å². The Hall–Kier alpha value is -3.50. The maximum Gasteiger partial charge on any atom is 0.257 e. The first-order valence-corrected chi connectivity index (χ1v) is 9.80. The molecule has 0 saturated heterocycles. The zero-order chi connectivity index (χ0) is 21.1. The molecule has 152 valence electrons. The number of carbonyl (C=O) groups excluding carboxylic acids is 1. The quantitative estimate of drug-likeness (QED) is 0.689. The Balaban J connectivity index is 1.45. The molecular formula is C23H21FN4O2. The fourth-order valence-corrected chi connectivity index (χ4v) is 3.78. The lowest BCUT2D eigenvalue weighted by atomic mass is 9.72. The smallest absolute Gasteiger partial charge is 0.257 e. The molecule has 0 spiro atoms. The Morgan fingerprint density at radius 3 is 2.57 bits per heavy atom. The maximum atomic E-state index is 13.1. The molecule has 2 heterocycles. The lowest BCUT2D eigenvalue weighted by molar-refractivity contribution is 0.102. The second-order valence-corrected chi connectivity index (χ2v) is 7.60. The molecule has 2 aromatic heterocycles. The van der Waals surface area contributed by atoms with Gasteiger partial charge in [0.15, 0.2) is 0 Å². The minimum Gasteiger partial charge on any atom is -0.393 e. The molecule has 1 aromatic carbocycles. The molecule has 6 nitrogen and oxygen atoms in total. The largest absolute Gasteiger partial charge is 0.393 e. The zero-order valence-electron chi connectivity index (χ0n) is 16.3. The molecule has 0 radical (unpaired) electrons. The van der Waals surface area contributed by atoms with Gasteiger partial charge in [0.05, 0.1) is 40.7 Å². The summed E-state index contributed by atoms with van der Waals surface area (Å²) in [6, 6.07) is 13.6. The lowest BCUT2D eigenvalue weighted by Crippen LogP contribution is -2.33. The highest BCUT2D eigenvalue weighted by molar-refractivity contribution is 6.04. The normalized spacial score (nSPS) is 21.0. The fourth-order valence-electron chi connectivity index (χ4n) is 3.78. The number of hydrogen-bond donors (Lipinski definition) is 2. The monoisotopic (exact) mass is 404 g/mol. The molecule has 1 saturated carbocycles. The van der Waals surface area contributed by atoms with Crippen LogP contribution in [-0.4, -0.2) is 26.7 Å². The molecular weight excluding hydrogens is 383 g/mol. The van der Waals surface area contributed by atoms with Crippen LogP contribution in [0.15, 0.2) is 61.1 Å². The van der Waals surface area contributed by atoms with Crippen LogP contribution in [-0.2, 0) is 5.41 Å². The van der Waals surface area contributed by atoms with Gasteiger partial charge in [0.2, 0.25) is 0 Å². The van der Waals surface area contributed by atoms with Gasteiger partial charge in [-0.1, -0.05) is 0 Å². The number of carbonyl (C=O) groups is 1. The minimum absolute atomic E-state index is 0.291. The first kappa shape index (κ1) is 19.8. The molecule has 3 aromatic rings. The summed E-state index contributed by atoms with van der Waals surface area (Å²) < 4.78 is 14.8. The molecule has 1 amide bonds. The van der Waals surface area contributed by atoms with Crippen molar-refractivity contribution in [3.05, 3.63) is 78.1 Å². The average Bonchev–Trinajstić information content (AvgIpc) is 3.26. The summed E-state index contributed by atoms with van der Waals surface area (Å²) in [5, 5.41) is 22.2. The van der Waals surface area contributed by atoms with Gasteiger partial charge < -0.3 is 15.0 Å². The van der Waals surface area contributed by atoms with Gasteiger partial charge in [-0.3, -0.25) is 9.78 Å². The van der Waals surface area contributed by atoms with Crippen LogP contribution >= 0.6 is 0 Å². The number of halogens is 1. The molecule has 0 atom stereocenters. The molecule has 2 N–H and O–H groups in total. The number of rotatable bonds is 4. The summed E-state index contributed by atoms with van der Waals surface area (Å²) in [7, 11) is 0. The zero-order valence-corrected chi connectivity index (χ0v) is 16.3. The summed E-state index contributed by atoms with van der Waals surface area (Å²) >= 11 is 0. The van der Waals surface area contributed by atoms with Crippen molar-refractivity contribution < 1.29 is 14.3 Å². The van der Waals surface area contributed by atoms with E-state index in [-0.39, 0.29) is 17.8 Å². The van der Waals surface area contributed by atoms with E-state index in [2.05, 4.69) is 16.4 Å². The van der Waals surface area contributed by atoms with Gasteiger partial charge in [0, 0.05) is 18.1 Å². The van der Waals surface area contributed by atoms with E-state index in [9.17, 15) is 19.6 Å². The Morgan fingerprint density at radius 1 is 1.20 bits per heavy atom. The number of aliphatic hydroxyl groups is 1. The summed E-state index contributed by atoms with van der Waals surface area (Å²) in [4.78, 5) is 17.0. The number of pyridine rings is 1. The van der Waals surface area contributed by atoms with Crippen LogP contribution in [0.2, 0.25) is 0 Å². The second-order valence-electron chi connectivity index (χ2n) is 7.60. The predicted molar refractivity (Wildman–Crippen MR) is 110 cm³/mol. The van der Waals surface area contributed by atoms with Crippen molar-refractivity contribution in [2.75, 3.05) is 5.32 Å². The number of nitrogens with zero attached hydrogens (tertiary/aromatic N) is 3. The summed E-state index contributed by atoms with van der Waals surface area (Å²) in [5.41, 5.74) is 1.72. The molecule has 0 bridgehead atoms. The topological polar surface area (TPSA) is 90.9 Å². The molecule has 30 heavy (non-hydrogen) atoms. The second kappa shape index (κ2) is 8.09. The van der Waals surface area contributed by atoms with Crippen LogP contribution in [0.3, 0.4) is 0 Å².